The maximum Gasteiger partial charge on any atom is 0.262 e. The number of nitrogens with one attached hydrogen (secondary N) is 1. The molecule has 1 amide bonds. The van der Waals surface area contributed by atoms with Gasteiger partial charge in [-0.25, -0.2) is 8.42 Å². The number of sulfonamides is 1. The van der Waals surface area contributed by atoms with E-state index in [0.717, 1.165) is 5.56 Å². The van der Waals surface area contributed by atoms with E-state index in [2.05, 4.69) is 25.5 Å². The highest BCUT2D eigenvalue weighted by atomic mass is 32.2. The number of carbonyl (C=O) groups excluding carboxylic acids is 1. The third kappa shape index (κ3) is 5.23. The van der Waals surface area contributed by atoms with Crippen LogP contribution in [0.4, 0.5) is 5.69 Å². The number of hydrogen-bond acceptors (Lipinski definition) is 4. The molecule has 2 aromatic rings. The van der Waals surface area contributed by atoms with E-state index < -0.39 is 15.9 Å². The number of ether oxygens (including phenoxy) is 1. The Morgan fingerprint density at radius 3 is 2.04 bits per heavy atom. The van der Waals surface area contributed by atoms with Gasteiger partial charge in [0.25, 0.3) is 15.9 Å². The molecule has 3 N–H and O–H groups in total. The van der Waals surface area contributed by atoms with Gasteiger partial charge in [0.15, 0.2) is 6.61 Å². The Balaban J connectivity index is 2.28. The van der Waals surface area contributed by atoms with Gasteiger partial charge in [0.05, 0.1) is 4.90 Å². The standard InChI is InChI=1S/C20H26N2O4S/c1-13-10-15(20(3,4)5)11-14(2)19(13)27(24,25)22-16-6-8-17(9-7-16)26-12-18(21)23/h6-11,22H,12H2,1-5H3,(H2,21,23). The second-order valence-electron chi connectivity index (χ2n) is 7.57. The van der Waals surface area contributed by atoms with Crippen LogP contribution in [0.5, 0.6) is 5.75 Å². The number of aryl methyl sites for hydroxylation is 2. The molecule has 0 fully saturated rings. The molecule has 0 aliphatic heterocycles. The maximum atomic E-state index is 12.9. The second kappa shape index (κ2) is 7.60. The summed E-state index contributed by atoms with van der Waals surface area (Å²) in [6, 6.07) is 10.1. The van der Waals surface area contributed by atoms with Gasteiger partial charge >= 0.3 is 0 Å². The van der Waals surface area contributed by atoms with Crippen LogP contribution in [0.25, 0.3) is 0 Å². The number of benzene rings is 2. The number of hydrogen-bond donors (Lipinski definition) is 2. The average molecular weight is 391 g/mol. The average Bonchev–Trinajstić information content (AvgIpc) is 2.52. The van der Waals surface area contributed by atoms with Crippen LogP contribution in [-0.4, -0.2) is 20.9 Å². The van der Waals surface area contributed by atoms with Crippen molar-refractivity contribution in [3.05, 3.63) is 53.1 Å². The van der Waals surface area contributed by atoms with Gasteiger partial charge in [-0.2, -0.15) is 0 Å². The van der Waals surface area contributed by atoms with Crippen molar-refractivity contribution in [2.24, 2.45) is 5.73 Å². The summed E-state index contributed by atoms with van der Waals surface area (Å²) in [5, 5.41) is 0. The van der Waals surface area contributed by atoms with Crippen molar-refractivity contribution in [3.8, 4) is 5.75 Å². The quantitative estimate of drug-likeness (QED) is 0.791. The first-order chi connectivity index (χ1) is 12.4. The fourth-order valence-corrected chi connectivity index (χ4v) is 4.30. The normalized spacial score (nSPS) is 11.9. The SMILES string of the molecule is Cc1cc(C(C)(C)C)cc(C)c1S(=O)(=O)Nc1ccc(OCC(N)=O)cc1. The fourth-order valence-electron chi connectivity index (χ4n) is 2.79. The summed E-state index contributed by atoms with van der Waals surface area (Å²) >= 11 is 0. The Kier molecular flexibility index (Phi) is 5.85. The van der Waals surface area contributed by atoms with E-state index in [1.165, 1.54) is 0 Å². The van der Waals surface area contributed by atoms with E-state index in [1.54, 1.807) is 38.1 Å². The van der Waals surface area contributed by atoms with E-state index in [0.29, 0.717) is 22.6 Å². The van der Waals surface area contributed by atoms with Crippen molar-refractivity contribution in [2.45, 2.75) is 44.9 Å². The Bertz CT molecular complexity index is 920. The Morgan fingerprint density at radius 1 is 1.07 bits per heavy atom. The van der Waals surface area contributed by atoms with E-state index in [-0.39, 0.29) is 16.9 Å². The van der Waals surface area contributed by atoms with Crippen LogP contribution in [-0.2, 0) is 20.2 Å². The predicted octanol–water partition coefficient (Wildman–Crippen LogP) is 3.27. The molecule has 7 heteroatoms. The van der Waals surface area contributed by atoms with E-state index in [9.17, 15) is 13.2 Å². The van der Waals surface area contributed by atoms with E-state index in [1.807, 2.05) is 12.1 Å². The lowest BCUT2D eigenvalue weighted by molar-refractivity contribution is -0.119. The molecule has 0 saturated carbocycles. The van der Waals surface area contributed by atoms with E-state index >= 15 is 0 Å². The highest BCUT2D eigenvalue weighted by molar-refractivity contribution is 7.92. The lowest BCUT2D eigenvalue weighted by Crippen LogP contribution is -2.20. The molecule has 27 heavy (non-hydrogen) atoms. The molecule has 0 atom stereocenters. The molecule has 0 aromatic heterocycles. The number of primary amides is 1. The minimum atomic E-state index is -3.74. The van der Waals surface area contributed by atoms with Gasteiger partial charge < -0.3 is 10.5 Å². The summed E-state index contributed by atoms with van der Waals surface area (Å²) in [5.74, 6) is -0.150. The number of rotatable bonds is 6. The van der Waals surface area contributed by atoms with Crippen molar-refractivity contribution in [2.75, 3.05) is 11.3 Å². The van der Waals surface area contributed by atoms with Gasteiger partial charge in [-0.3, -0.25) is 9.52 Å². The molecule has 6 nitrogen and oxygen atoms in total. The third-order valence-electron chi connectivity index (χ3n) is 4.08. The van der Waals surface area contributed by atoms with Gasteiger partial charge in [0, 0.05) is 5.69 Å². The number of carbonyl (C=O) groups is 1. The van der Waals surface area contributed by atoms with Crippen LogP contribution in [0.2, 0.25) is 0 Å². The van der Waals surface area contributed by atoms with Gasteiger partial charge in [0.2, 0.25) is 0 Å². The molecule has 0 aliphatic rings. The van der Waals surface area contributed by atoms with Crippen LogP contribution < -0.4 is 15.2 Å². The minimum absolute atomic E-state index is 0.0635. The molecule has 0 heterocycles. The van der Waals surface area contributed by atoms with Gasteiger partial charge in [0.1, 0.15) is 5.75 Å². The highest BCUT2D eigenvalue weighted by Crippen LogP contribution is 2.30. The number of anilines is 1. The first-order valence-corrected chi connectivity index (χ1v) is 10.0. The highest BCUT2D eigenvalue weighted by Gasteiger charge is 2.23. The Hall–Kier alpha value is -2.54. The Morgan fingerprint density at radius 2 is 1.59 bits per heavy atom. The third-order valence-corrected chi connectivity index (χ3v) is 5.77. The molecule has 0 unspecified atom stereocenters. The van der Waals surface area contributed by atoms with Crippen LogP contribution in [0.1, 0.15) is 37.5 Å². The zero-order valence-corrected chi connectivity index (χ0v) is 17.1. The molecule has 146 valence electrons. The summed E-state index contributed by atoms with van der Waals surface area (Å²) in [6.07, 6.45) is 0. The van der Waals surface area contributed by atoms with Gasteiger partial charge in [-0.05, 0) is 60.2 Å². The zero-order chi connectivity index (χ0) is 20.4. The summed E-state index contributed by atoms with van der Waals surface area (Å²) in [7, 11) is -3.74. The molecular formula is C20H26N2O4S. The van der Waals surface area contributed by atoms with Crippen LogP contribution in [0.3, 0.4) is 0 Å². The van der Waals surface area contributed by atoms with Crippen molar-refractivity contribution < 1.29 is 17.9 Å². The van der Waals surface area contributed by atoms with Crippen LogP contribution >= 0.6 is 0 Å². The first kappa shape index (κ1) is 20.8. The second-order valence-corrected chi connectivity index (χ2v) is 9.19. The van der Waals surface area contributed by atoms with Crippen molar-refractivity contribution >= 4 is 21.6 Å². The number of amides is 1. The monoisotopic (exact) mass is 390 g/mol. The lowest BCUT2D eigenvalue weighted by atomic mass is 9.85. The molecule has 0 bridgehead atoms. The molecule has 0 saturated heterocycles. The first-order valence-electron chi connectivity index (χ1n) is 8.56. The van der Waals surface area contributed by atoms with Crippen LogP contribution in [0, 0.1) is 13.8 Å². The van der Waals surface area contributed by atoms with Crippen molar-refractivity contribution in [1.82, 2.24) is 0 Å². The molecule has 0 spiro atoms. The molecule has 2 aromatic carbocycles. The Labute approximate surface area is 160 Å². The molecule has 0 aliphatic carbocycles. The van der Waals surface area contributed by atoms with Crippen LogP contribution in [0.15, 0.2) is 41.3 Å². The zero-order valence-electron chi connectivity index (χ0n) is 16.3. The lowest BCUT2D eigenvalue weighted by Gasteiger charge is -2.22. The summed E-state index contributed by atoms with van der Waals surface area (Å²) < 4.78 is 33.6. The fraction of sp³-hybridized carbons (Fsp3) is 0.350. The van der Waals surface area contributed by atoms with Gasteiger partial charge in [-0.15, -0.1) is 0 Å². The summed E-state index contributed by atoms with van der Waals surface area (Å²) in [5.41, 5.74) is 7.86. The van der Waals surface area contributed by atoms with Crippen molar-refractivity contribution in [3.63, 3.8) is 0 Å². The minimum Gasteiger partial charge on any atom is -0.484 e. The molecular weight excluding hydrogens is 364 g/mol. The summed E-state index contributed by atoms with van der Waals surface area (Å²) in [6.45, 7) is 9.65. The smallest absolute Gasteiger partial charge is 0.262 e. The summed E-state index contributed by atoms with van der Waals surface area (Å²) in [4.78, 5) is 11.0. The molecule has 0 radical (unpaired) electrons. The number of nitrogens with two attached hydrogens (primary N) is 1. The van der Waals surface area contributed by atoms with Crippen molar-refractivity contribution in [1.29, 1.82) is 0 Å². The topological polar surface area (TPSA) is 98.5 Å². The maximum absolute atomic E-state index is 12.9. The predicted molar refractivity (Wildman–Crippen MR) is 107 cm³/mol. The largest absolute Gasteiger partial charge is 0.484 e. The molecule has 2 rings (SSSR count). The van der Waals surface area contributed by atoms with E-state index in [4.69, 9.17) is 10.5 Å². The van der Waals surface area contributed by atoms with Gasteiger partial charge in [-0.1, -0.05) is 32.9 Å².